The number of sulfonamides is 1. The number of halogens is 1. The van der Waals surface area contributed by atoms with Gasteiger partial charge in [0.1, 0.15) is 12.6 Å². The minimum absolute atomic E-state index is 0.00916. The van der Waals surface area contributed by atoms with Crippen LogP contribution in [0.15, 0.2) is 102 Å². The van der Waals surface area contributed by atoms with Crippen molar-refractivity contribution in [1.82, 2.24) is 10.2 Å². The van der Waals surface area contributed by atoms with Gasteiger partial charge in [-0.15, -0.1) is 0 Å². The number of aryl methyl sites for hydroxylation is 3. The largest absolute Gasteiger partial charge is 0.352 e. The van der Waals surface area contributed by atoms with Crippen LogP contribution in [0.4, 0.5) is 5.69 Å². The summed E-state index contributed by atoms with van der Waals surface area (Å²) in [5, 5.41) is 3.49. The van der Waals surface area contributed by atoms with Gasteiger partial charge in [-0.3, -0.25) is 13.9 Å². The number of carbonyl (C=O) groups is 2. The Balaban J connectivity index is 1.84. The second-order valence-electron chi connectivity index (χ2n) is 11.8. The molecule has 0 unspecified atom stereocenters. The van der Waals surface area contributed by atoms with Crippen LogP contribution in [0.5, 0.6) is 0 Å². The molecule has 0 radical (unpaired) electrons. The lowest BCUT2D eigenvalue weighted by Gasteiger charge is -2.34. The van der Waals surface area contributed by atoms with Crippen molar-refractivity contribution < 1.29 is 18.0 Å². The maximum atomic E-state index is 14.6. The first-order valence-corrected chi connectivity index (χ1v) is 17.3. The smallest absolute Gasteiger partial charge is 0.264 e. The van der Waals surface area contributed by atoms with E-state index in [9.17, 15) is 18.0 Å². The molecule has 9 heteroatoms. The molecule has 0 aliphatic carbocycles. The second-order valence-corrected chi connectivity index (χ2v) is 14.0. The number of amides is 2. The van der Waals surface area contributed by atoms with Gasteiger partial charge in [0.05, 0.1) is 10.6 Å². The van der Waals surface area contributed by atoms with Gasteiger partial charge < -0.3 is 10.2 Å². The summed E-state index contributed by atoms with van der Waals surface area (Å²) in [6, 6.07) is 27.5. The Morgan fingerprint density at radius 2 is 1.48 bits per heavy atom. The topological polar surface area (TPSA) is 86.8 Å². The minimum atomic E-state index is -4.18. The molecule has 7 nitrogen and oxygen atoms in total. The van der Waals surface area contributed by atoms with E-state index in [0.29, 0.717) is 28.3 Å². The summed E-state index contributed by atoms with van der Waals surface area (Å²) < 4.78 is 29.7. The van der Waals surface area contributed by atoms with Crippen LogP contribution < -0.4 is 9.62 Å². The van der Waals surface area contributed by atoms with E-state index in [4.69, 9.17) is 11.6 Å². The molecule has 242 valence electrons. The fourth-order valence-corrected chi connectivity index (χ4v) is 6.92. The highest BCUT2D eigenvalue weighted by molar-refractivity contribution is 7.92. The number of nitrogens with zero attached hydrogens (tertiary/aromatic N) is 2. The molecule has 0 aromatic heterocycles. The summed E-state index contributed by atoms with van der Waals surface area (Å²) in [4.78, 5) is 30.1. The fourth-order valence-electron chi connectivity index (χ4n) is 5.24. The van der Waals surface area contributed by atoms with Gasteiger partial charge in [-0.1, -0.05) is 102 Å². The van der Waals surface area contributed by atoms with Crippen molar-refractivity contribution in [3.63, 3.8) is 0 Å². The lowest BCUT2D eigenvalue weighted by atomic mass is 10.0. The van der Waals surface area contributed by atoms with Gasteiger partial charge in [0.15, 0.2) is 0 Å². The summed E-state index contributed by atoms with van der Waals surface area (Å²) in [6.07, 6.45) is 0.936. The monoisotopic (exact) mass is 659 g/mol. The average molecular weight is 660 g/mol. The highest BCUT2D eigenvalue weighted by Gasteiger charge is 2.35. The third-order valence-corrected chi connectivity index (χ3v) is 10.2. The standard InChI is InChI=1S/C37H42ClN3O4S/c1-6-29(5)39-37(43)35(23-30-12-8-7-9-13-30)40(24-31-14-10-11-15-33(31)38)36(42)25-41(34-21-18-27(3)22-28(34)4)46(44,45)32-19-16-26(2)17-20-32/h7-22,29,35H,6,23-25H2,1-5H3,(H,39,43)/t29-,35-/m1/s1. The Morgan fingerprint density at radius 1 is 0.848 bits per heavy atom. The van der Waals surface area contributed by atoms with E-state index in [-0.39, 0.29) is 29.8 Å². The molecule has 0 aliphatic heterocycles. The van der Waals surface area contributed by atoms with Crippen LogP contribution >= 0.6 is 11.6 Å². The van der Waals surface area contributed by atoms with Crippen molar-refractivity contribution >= 4 is 39.1 Å². The summed E-state index contributed by atoms with van der Waals surface area (Å²) in [6.45, 7) is 9.00. The quantitative estimate of drug-likeness (QED) is 0.167. The lowest BCUT2D eigenvalue weighted by molar-refractivity contribution is -0.140. The van der Waals surface area contributed by atoms with E-state index in [0.717, 1.165) is 21.0 Å². The van der Waals surface area contributed by atoms with Crippen LogP contribution in [0.2, 0.25) is 5.02 Å². The van der Waals surface area contributed by atoms with Crippen molar-refractivity contribution in [3.8, 4) is 0 Å². The Morgan fingerprint density at radius 3 is 2.11 bits per heavy atom. The third-order valence-electron chi connectivity index (χ3n) is 8.08. The molecule has 4 aromatic rings. The Bertz CT molecular complexity index is 1760. The van der Waals surface area contributed by atoms with E-state index in [1.54, 1.807) is 48.5 Å². The molecule has 2 amide bonds. The SMILES string of the molecule is CC[C@@H](C)NC(=O)[C@@H](Cc1ccccc1)N(Cc1ccccc1Cl)C(=O)CN(c1ccc(C)cc1C)S(=O)(=O)c1ccc(C)cc1. The number of carbonyl (C=O) groups excluding carboxylic acids is 2. The first kappa shape index (κ1) is 34.7. The van der Waals surface area contributed by atoms with E-state index < -0.39 is 28.5 Å². The summed E-state index contributed by atoms with van der Waals surface area (Å²) in [5.41, 5.74) is 4.48. The molecule has 0 aliphatic rings. The van der Waals surface area contributed by atoms with Crippen molar-refractivity contribution in [2.24, 2.45) is 0 Å². The Kier molecular flexibility index (Phi) is 11.7. The molecule has 4 aromatic carbocycles. The van der Waals surface area contributed by atoms with Gasteiger partial charge in [-0.05, 0) is 75.1 Å². The van der Waals surface area contributed by atoms with Crippen LogP contribution in [0, 0.1) is 20.8 Å². The zero-order chi connectivity index (χ0) is 33.4. The van der Waals surface area contributed by atoms with Crippen molar-refractivity contribution in [1.29, 1.82) is 0 Å². The lowest BCUT2D eigenvalue weighted by Crippen LogP contribution is -2.54. The molecule has 0 spiro atoms. The first-order valence-electron chi connectivity index (χ1n) is 15.4. The molecular weight excluding hydrogens is 618 g/mol. The molecular formula is C37H42ClN3O4S. The summed E-state index contributed by atoms with van der Waals surface area (Å²) in [5.74, 6) is -0.853. The molecule has 46 heavy (non-hydrogen) atoms. The summed E-state index contributed by atoms with van der Waals surface area (Å²) in [7, 11) is -4.18. The average Bonchev–Trinajstić information content (AvgIpc) is 3.03. The number of anilines is 1. The first-order chi connectivity index (χ1) is 21.9. The molecule has 0 bridgehead atoms. The van der Waals surface area contributed by atoms with E-state index in [2.05, 4.69) is 5.32 Å². The van der Waals surface area contributed by atoms with Crippen LogP contribution in [0.1, 0.15) is 48.1 Å². The van der Waals surface area contributed by atoms with Crippen LogP contribution in [-0.2, 0) is 32.6 Å². The van der Waals surface area contributed by atoms with E-state index >= 15 is 0 Å². The van der Waals surface area contributed by atoms with E-state index in [1.165, 1.54) is 4.90 Å². The third kappa shape index (κ3) is 8.56. The number of nitrogens with one attached hydrogen (secondary N) is 1. The maximum absolute atomic E-state index is 14.6. The van der Waals surface area contributed by atoms with Gasteiger partial charge >= 0.3 is 0 Å². The van der Waals surface area contributed by atoms with Gasteiger partial charge in [0, 0.05) is 24.0 Å². The molecule has 0 fully saturated rings. The van der Waals surface area contributed by atoms with E-state index in [1.807, 2.05) is 83.1 Å². The molecule has 0 saturated heterocycles. The number of hydrogen-bond donors (Lipinski definition) is 1. The Hall–Kier alpha value is -4.14. The molecule has 2 atom stereocenters. The Labute approximate surface area is 278 Å². The predicted octanol–water partition coefficient (Wildman–Crippen LogP) is 7.02. The zero-order valence-electron chi connectivity index (χ0n) is 27.0. The second kappa shape index (κ2) is 15.4. The van der Waals surface area contributed by atoms with Crippen LogP contribution in [0.25, 0.3) is 0 Å². The highest BCUT2D eigenvalue weighted by atomic mass is 35.5. The highest BCUT2D eigenvalue weighted by Crippen LogP contribution is 2.29. The normalized spacial score (nSPS) is 12.7. The maximum Gasteiger partial charge on any atom is 0.264 e. The summed E-state index contributed by atoms with van der Waals surface area (Å²) >= 11 is 6.58. The van der Waals surface area contributed by atoms with Crippen LogP contribution in [-0.4, -0.2) is 43.8 Å². The number of rotatable bonds is 13. The van der Waals surface area contributed by atoms with Crippen molar-refractivity contribution in [2.45, 2.75) is 71.0 Å². The van der Waals surface area contributed by atoms with Gasteiger partial charge in [-0.25, -0.2) is 8.42 Å². The van der Waals surface area contributed by atoms with Gasteiger partial charge in [-0.2, -0.15) is 0 Å². The molecule has 4 rings (SSSR count). The molecule has 0 saturated carbocycles. The predicted molar refractivity (Wildman–Crippen MR) is 185 cm³/mol. The van der Waals surface area contributed by atoms with Crippen molar-refractivity contribution in [2.75, 3.05) is 10.8 Å². The molecule has 0 heterocycles. The van der Waals surface area contributed by atoms with Crippen LogP contribution in [0.3, 0.4) is 0 Å². The fraction of sp³-hybridized carbons (Fsp3) is 0.297. The number of hydrogen-bond acceptors (Lipinski definition) is 4. The minimum Gasteiger partial charge on any atom is -0.352 e. The van der Waals surface area contributed by atoms with Gasteiger partial charge in [0.25, 0.3) is 10.0 Å². The molecule has 1 N–H and O–H groups in total. The number of benzene rings is 4. The zero-order valence-corrected chi connectivity index (χ0v) is 28.6. The van der Waals surface area contributed by atoms with Gasteiger partial charge in [0.2, 0.25) is 11.8 Å². The van der Waals surface area contributed by atoms with Crippen molar-refractivity contribution in [3.05, 3.63) is 130 Å².